The molecule has 0 bridgehead atoms. The second kappa shape index (κ2) is 5.24. The smallest absolute Gasteiger partial charge is 0.153 e. The van der Waals surface area contributed by atoms with E-state index in [1.165, 1.54) is 0 Å². The molecule has 5 nitrogen and oxygen atoms in total. The molecule has 2 heterocycles. The first kappa shape index (κ1) is 12.7. The number of aromatic nitrogens is 4. The molecule has 0 radical (unpaired) electrons. The molecule has 90 valence electrons. The number of nitrogens with one attached hydrogen (secondary N) is 1. The molecule has 0 fully saturated rings. The van der Waals surface area contributed by atoms with E-state index in [-0.39, 0.29) is 6.04 Å². The van der Waals surface area contributed by atoms with E-state index in [0.717, 1.165) is 20.5 Å². The summed E-state index contributed by atoms with van der Waals surface area (Å²) in [5, 5.41) is 11.2. The molecule has 1 atom stereocenters. The van der Waals surface area contributed by atoms with Gasteiger partial charge in [0.25, 0.3) is 0 Å². The Morgan fingerprint density at radius 3 is 2.71 bits per heavy atom. The standard InChI is InChI=1S/C10H11Br2N5/c1-13-8(7-6(11)4-3-5-14-7)9-10(12)15-16-17(9)2/h3-5,8,13H,1-2H3. The lowest BCUT2D eigenvalue weighted by atomic mass is 10.1. The number of rotatable bonds is 3. The minimum atomic E-state index is -0.0695. The molecular weight excluding hydrogens is 350 g/mol. The molecule has 1 unspecified atom stereocenters. The Morgan fingerprint density at radius 1 is 1.41 bits per heavy atom. The van der Waals surface area contributed by atoms with E-state index in [0.29, 0.717) is 0 Å². The second-order valence-corrected chi connectivity index (χ2v) is 5.09. The average Bonchev–Trinajstić information content (AvgIpc) is 2.64. The largest absolute Gasteiger partial charge is 0.307 e. The lowest BCUT2D eigenvalue weighted by Gasteiger charge is -2.17. The number of aryl methyl sites for hydroxylation is 1. The molecule has 0 saturated heterocycles. The molecule has 0 saturated carbocycles. The van der Waals surface area contributed by atoms with E-state index >= 15 is 0 Å². The van der Waals surface area contributed by atoms with Gasteiger partial charge in [0.2, 0.25) is 0 Å². The highest BCUT2D eigenvalue weighted by atomic mass is 79.9. The van der Waals surface area contributed by atoms with Gasteiger partial charge in [-0.1, -0.05) is 5.21 Å². The van der Waals surface area contributed by atoms with Gasteiger partial charge in [-0.3, -0.25) is 4.98 Å². The van der Waals surface area contributed by atoms with Crippen LogP contribution in [0.4, 0.5) is 0 Å². The fourth-order valence-electron chi connectivity index (χ4n) is 1.66. The fraction of sp³-hybridized carbons (Fsp3) is 0.300. The van der Waals surface area contributed by atoms with Crippen LogP contribution in [0, 0.1) is 0 Å². The summed E-state index contributed by atoms with van der Waals surface area (Å²) in [6, 6.07) is 3.78. The summed E-state index contributed by atoms with van der Waals surface area (Å²) in [4.78, 5) is 4.39. The molecule has 0 aliphatic heterocycles. The van der Waals surface area contributed by atoms with Crippen molar-refractivity contribution in [3.05, 3.63) is 38.8 Å². The number of hydrogen-bond acceptors (Lipinski definition) is 4. The quantitative estimate of drug-likeness (QED) is 0.910. The Balaban J connectivity index is 2.52. The van der Waals surface area contributed by atoms with Gasteiger partial charge in [0.1, 0.15) is 0 Å². The summed E-state index contributed by atoms with van der Waals surface area (Å²) in [6.45, 7) is 0. The SMILES string of the molecule is CNC(c1ncccc1Br)c1c(Br)nnn1C. The summed E-state index contributed by atoms with van der Waals surface area (Å²) in [5.41, 5.74) is 1.84. The molecule has 1 N–H and O–H groups in total. The van der Waals surface area contributed by atoms with E-state index in [2.05, 4.69) is 52.5 Å². The Kier molecular flexibility index (Phi) is 3.90. The Hall–Kier alpha value is -0.790. The van der Waals surface area contributed by atoms with E-state index in [4.69, 9.17) is 0 Å². The van der Waals surface area contributed by atoms with Crippen LogP contribution >= 0.6 is 31.9 Å². The molecule has 7 heteroatoms. The van der Waals surface area contributed by atoms with E-state index in [1.54, 1.807) is 10.9 Å². The van der Waals surface area contributed by atoms with Crippen LogP contribution in [-0.2, 0) is 7.05 Å². The molecule has 0 aliphatic rings. The molecule has 2 rings (SSSR count). The molecule has 2 aromatic rings. The third-order valence-electron chi connectivity index (χ3n) is 2.45. The first-order valence-corrected chi connectivity index (χ1v) is 6.56. The van der Waals surface area contributed by atoms with Crippen molar-refractivity contribution >= 4 is 31.9 Å². The minimum absolute atomic E-state index is 0.0695. The first-order valence-electron chi connectivity index (χ1n) is 4.98. The van der Waals surface area contributed by atoms with Crippen molar-refractivity contribution in [1.82, 2.24) is 25.3 Å². The van der Waals surface area contributed by atoms with Crippen molar-refractivity contribution in [2.45, 2.75) is 6.04 Å². The Bertz CT molecular complexity index is 506. The van der Waals surface area contributed by atoms with Crippen molar-refractivity contribution in [3.63, 3.8) is 0 Å². The van der Waals surface area contributed by atoms with Gasteiger partial charge in [0.05, 0.1) is 17.4 Å². The van der Waals surface area contributed by atoms with Crippen LogP contribution in [0.3, 0.4) is 0 Å². The van der Waals surface area contributed by atoms with Crippen molar-refractivity contribution < 1.29 is 0 Å². The van der Waals surface area contributed by atoms with Crippen LogP contribution in [0.25, 0.3) is 0 Å². The highest BCUT2D eigenvalue weighted by Gasteiger charge is 2.23. The predicted molar refractivity (Wildman–Crippen MR) is 71.5 cm³/mol. The topological polar surface area (TPSA) is 55.6 Å². The maximum atomic E-state index is 4.39. The van der Waals surface area contributed by atoms with Crippen LogP contribution < -0.4 is 5.32 Å². The highest BCUT2D eigenvalue weighted by Crippen LogP contribution is 2.29. The summed E-state index contributed by atoms with van der Waals surface area (Å²) in [5.74, 6) is 0. The zero-order chi connectivity index (χ0) is 12.4. The highest BCUT2D eigenvalue weighted by molar-refractivity contribution is 9.10. The predicted octanol–water partition coefficient (Wildman–Crippen LogP) is 2.04. The molecule has 0 aliphatic carbocycles. The fourth-order valence-corrected chi connectivity index (χ4v) is 2.70. The van der Waals surface area contributed by atoms with Gasteiger partial charge < -0.3 is 5.32 Å². The molecular formula is C10H11Br2N5. The van der Waals surface area contributed by atoms with Crippen LogP contribution in [0.2, 0.25) is 0 Å². The van der Waals surface area contributed by atoms with Crippen molar-refractivity contribution in [1.29, 1.82) is 0 Å². The summed E-state index contributed by atoms with van der Waals surface area (Å²) < 4.78 is 3.40. The van der Waals surface area contributed by atoms with E-state index < -0.39 is 0 Å². The maximum Gasteiger partial charge on any atom is 0.153 e. The summed E-state index contributed by atoms with van der Waals surface area (Å²) in [7, 11) is 3.74. The third-order valence-corrected chi connectivity index (χ3v) is 3.68. The van der Waals surface area contributed by atoms with Crippen LogP contribution in [0.5, 0.6) is 0 Å². The molecule has 2 aromatic heterocycles. The van der Waals surface area contributed by atoms with E-state index in [9.17, 15) is 0 Å². The van der Waals surface area contributed by atoms with Gasteiger partial charge in [0.15, 0.2) is 4.60 Å². The second-order valence-electron chi connectivity index (χ2n) is 3.48. The summed E-state index contributed by atoms with van der Waals surface area (Å²) >= 11 is 6.91. The maximum absolute atomic E-state index is 4.39. The Labute approximate surface area is 116 Å². The van der Waals surface area contributed by atoms with Gasteiger partial charge >= 0.3 is 0 Å². The van der Waals surface area contributed by atoms with Gasteiger partial charge in [-0.15, -0.1) is 5.10 Å². The average molecular weight is 361 g/mol. The van der Waals surface area contributed by atoms with Gasteiger partial charge in [0, 0.05) is 17.7 Å². The molecule has 0 aromatic carbocycles. The van der Waals surface area contributed by atoms with Crippen molar-refractivity contribution in [2.75, 3.05) is 7.05 Å². The van der Waals surface area contributed by atoms with Gasteiger partial charge in [-0.05, 0) is 51.0 Å². The molecule has 0 amide bonds. The summed E-state index contributed by atoms with van der Waals surface area (Å²) in [6.07, 6.45) is 1.77. The molecule has 0 spiro atoms. The van der Waals surface area contributed by atoms with Crippen molar-refractivity contribution in [2.24, 2.45) is 7.05 Å². The number of pyridine rings is 1. The number of nitrogens with zero attached hydrogens (tertiary/aromatic N) is 4. The van der Waals surface area contributed by atoms with Crippen LogP contribution in [-0.4, -0.2) is 27.0 Å². The zero-order valence-corrected chi connectivity index (χ0v) is 12.5. The zero-order valence-electron chi connectivity index (χ0n) is 9.35. The normalized spacial score (nSPS) is 12.7. The van der Waals surface area contributed by atoms with Crippen LogP contribution in [0.1, 0.15) is 17.4 Å². The molecule has 17 heavy (non-hydrogen) atoms. The van der Waals surface area contributed by atoms with Crippen molar-refractivity contribution in [3.8, 4) is 0 Å². The van der Waals surface area contributed by atoms with Crippen LogP contribution in [0.15, 0.2) is 27.4 Å². The lowest BCUT2D eigenvalue weighted by Crippen LogP contribution is -2.22. The number of hydrogen-bond donors (Lipinski definition) is 1. The third kappa shape index (κ3) is 2.41. The lowest BCUT2D eigenvalue weighted by molar-refractivity contribution is 0.585. The number of halogens is 2. The Morgan fingerprint density at radius 2 is 2.18 bits per heavy atom. The monoisotopic (exact) mass is 359 g/mol. The van der Waals surface area contributed by atoms with E-state index in [1.807, 2.05) is 26.2 Å². The first-order chi connectivity index (χ1) is 8.15. The van der Waals surface area contributed by atoms with Gasteiger partial charge in [-0.25, -0.2) is 4.68 Å². The van der Waals surface area contributed by atoms with Gasteiger partial charge in [-0.2, -0.15) is 0 Å². The minimum Gasteiger partial charge on any atom is -0.307 e.